The maximum absolute atomic E-state index is 8.82. The first-order valence-electron chi connectivity index (χ1n) is 52.2. The third-order valence-electron chi connectivity index (χ3n) is 29.3. The van der Waals surface area contributed by atoms with Crippen molar-refractivity contribution < 1.29 is 15.7 Å². The van der Waals surface area contributed by atoms with Gasteiger partial charge in [0.15, 0.2) is 0 Å². The Balaban J connectivity index is 0.000000147. The first-order chi connectivity index (χ1) is 74.9. The van der Waals surface area contributed by atoms with E-state index in [2.05, 4.69) is 469 Å². The Hall–Kier alpha value is -18.7. The van der Waals surface area contributed by atoms with Crippen LogP contribution >= 0.6 is 22.7 Å². The van der Waals surface area contributed by atoms with Crippen molar-refractivity contribution in [3.8, 4) is 89.0 Å². The van der Waals surface area contributed by atoms with Crippen LogP contribution in [0.5, 0.6) is 0 Å². The molecule has 0 atom stereocenters. The monoisotopic (exact) mass is 1920 g/mol. The molecule has 2 aliphatic carbocycles. The van der Waals surface area contributed by atoms with Crippen molar-refractivity contribution in [1.82, 2.24) is 0 Å². The number of hydrogen-bond acceptors (Lipinski definition) is 8. The highest BCUT2D eigenvalue weighted by Gasteiger charge is 2.52. The van der Waals surface area contributed by atoms with Crippen molar-refractivity contribution in [1.29, 1.82) is 0 Å². The fourth-order valence-corrected chi connectivity index (χ4v) is 24.8. The Bertz CT molecular complexity index is 9870. The summed E-state index contributed by atoms with van der Waals surface area (Å²) in [7, 11) is 0. The van der Waals surface area contributed by atoms with E-state index in [4.69, 9.17) is 15.7 Å². The molecule has 29 rings (SSSR count). The smallest absolute Gasteiger partial charge is 0.137 e. The topological polar surface area (TPSA) is 39.2 Å². The molecule has 0 aliphatic heterocycles. The van der Waals surface area contributed by atoms with Crippen LogP contribution < -0.4 is 19.6 Å². The van der Waals surface area contributed by atoms with Gasteiger partial charge in [-0.2, -0.15) is 0 Å². The van der Waals surface area contributed by atoms with Crippen molar-refractivity contribution in [3.05, 3.63) is 568 Å². The molecule has 4 aromatic heterocycles. The molecular weight excluding hydrogens is 1820 g/mol. The van der Waals surface area contributed by atoms with Crippen LogP contribution in [0.3, 0.4) is 0 Å². The highest BCUT2D eigenvalue weighted by atomic mass is 32.1. The summed E-state index contributed by atoms with van der Waals surface area (Å²) in [6.07, 6.45) is 0. The molecule has 0 radical (unpaired) electrons. The Morgan fingerprint density at radius 3 is 0.925 bits per heavy atom. The van der Waals surface area contributed by atoms with Gasteiger partial charge in [0, 0.05) is 142 Å². The molecule has 0 N–H and O–H groups in total. The van der Waals surface area contributed by atoms with Gasteiger partial charge in [-0.1, -0.05) is 346 Å². The Morgan fingerprint density at radius 2 is 0.463 bits per heavy atom. The molecule has 27 aromatic rings. The zero-order chi connectivity index (χ0) is 101. The molecule has 147 heavy (non-hydrogen) atoms. The number of para-hydroxylation sites is 6. The molecule has 23 aromatic carbocycles. The second-order valence-electron chi connectivity index (χ2n) is 37.7. The molecule has 690 valence electrons. The minimum Gasteiger partial charge on any atom is -0.456 e. The Labute approximate surface area is 866 Å². The number of rotatable bonds is 18. The molecule has 0 saturated heterocycles. The normalized spacial score (nSPS) is 12.6. The average molecular weight is 1920 g/mol. The second kappa shape index (κ2) is 36.1. The molecular formula is C139H90N4O2S2. The number of anilines is 12. The van der Waals surface area contributed by atoms with Gasteiger partial charge < -0.3 is 28.4 Å². The maximum Gasteiger partial charge on any atom is 0.137 e. The van der Waals surface area contributed by atoms with E-state index in [-0.39, 0.29) is 29.7 Å². The van der Waals surface area contributed by atoms with Crippen LogP contribution in [-0.2, 0) is 5.41 Å². The van der Waals surface area contributed by atoms with Crippen molar-refractivity contribution in [2.24, 2.45) is 0 Å². The van der Waals surface area contributed by atoms with E-state index in [1.165, 1.54) is 102 Å². The summed E-state index contributed by atoms with van der Waals surface area (Å²) in [5, 5.41) is 9.49. The molecule has 0 bridgehead atoms. The summed E-state index contributed by atoms with van der Waals surface area (Å²) < 4.78 is 61.1. The lowest BCUT2D eigenvalue weighted by Crippen LogP contribution is -2.26. The number of fused-ring (bicyclic) bond motifs is 22. The molecule has 4 heterocycles. The van der Waals surface area contributed by atoms with E-state index < -0.39 is 11.5 Å². The number of hydrogen-bond donors (Lipinski definition) is 0. The molecule has 1 spiro atoms. The van der Waals surface area contributed by atoms with Crippen LogP contribution in [0, 0.1) is 0 Å². The number of benzene rings is 23. The predicted octanol–water partition coefficient (Wildman–Crippen LogP) is 40.1. The van der Waals surface area contributed by atoms with E-state index in [1.54, 1.807) is 0 Å². The van der Waals surface area contributed by atoms with E-state index in [0.29, 0.717) is 5.56 Å². The van der Waals surface area contributed by atoms with Gasteiger partial charge in [-0.15, -0.1) is 22.7 Å². The number of nitrogens with zero attached hydrogens (tertiary/aromatic N) is 4. The lowest BCUT2D eigenvalue weighted by Gasteiger charge is -2.33. The zero-order valence-corrected chi connectivity index (χ0v) is 81.1. The van der Waals surface area contributed by atoms with Crippen LogP contribution in [0.15, 0.2) is 555 Å². The molecule has 8 heteroatoms. The summed E-state index contributed by atoms with van der Waals surface area (Å²) in [5.41, 5.74) is 36.5. The molecule has 0 amide bonds. The summed E-state index contributed by atoms with van der Waals surface area (Å²) in [4.78, 5) is 9.29. The predicted molar refractivity (Wildman–Crippen MR) is 621 cm³/mol. The first-order valence-corrected chi connectivity index (χ1v) is 51.3. The summed E-state index contributed by atoms with van der Waals surface area (Å²) in [6, 6.07) is 183. The maximum atomic E-state index is 8.82. The molecule has 0 fully saturated rings. The third-order valence-corrected chi connectivity index (χ3v) is 31.6. The molecule has 2 aliphatic rings. The lowest BCUT2D eigenvalue weighted by atomic mass is 9.70. The summed E-state index contributed by atoms with van der Waals surface area (Å²) in [6.45, 7) is 0. The largest absolute Gasteiger partial charge is 0.456 e. The second-order valence-corrected chi connectivity index (χ2v) is 39.9. The number of furan rings is 2. The van der Waals surface area contributed by atoms with Crippen molar-refractivity contribution in [3.63, 3.8) is 0 Å². The van der Waals surface area contributed by atoms with Crippen molar-refractivity contribution >= 4 is 175 Å². The highest BCUT2D eigenvalue weighted by Crippen LogP contribution is 2.64. The SMILES string of the molecule is [2H]c1c([2H])c([2H])c(-c2ccc(N(c3ccccc3)c3cc(-c4cccc(-c5ccc6sc7ccccc7c6c5)c4)cc(N(c4ccccc4)c4ccc5c(c4)C4(c6ccccc6-c6ccccc64)c4ccccc4-5)c3)cc2)c([2H])c1[2H].c1ccc(N(c2ccccc2)c2cc(-c3ccc(-c4ccc(-c5ccc6sc7ccccc7c6c5)cc4)cc3)cc(N(c3ccc4c(c3)oc3ccccc34)c3ccc4c(c3)oc3ccccc34)c2)cc1. The van der Waals surface area contributed by atoms with Crippen molar-refractivity contribution in [2.75, 3.05) is 19.6 Å². The van der Waals surface area contributed by atoms with E-state index in [0.717, 1.165) is 151 Å². The van der Waals surface area contributed by atoms with Crippen LogP contribution in [-0.4, -0.2) is 0 Å². The molecule has 6 nitrogen and oxygen atoms in total. The Morgan fingerprint density at radius 1 is 0.163 bits per heavy atom. The quantitative estimate of drug-likeness (QED) is 0.0853. The fourth-order valence-electron chi connectivity index (χ4n) is 22.6. The lowest BCUT2D eigenvalue weighted by molar-refractivity contribution is 0.669. The van der Waals surface area contributed by atoms with Crippen LogP contribution in [0.1, 0.15) is 29.1 Å². The standard InChI is InChI=1S/C73H48N2S.C66H42N2O2S/c1-4-19-49(20-5-1)50-35-38-57(39-36-50)74(55-23-6-2-7-24-55)59-44-54(52-22-18-21-51(43-52)53-37-42-72-66(46-53)65-30-13-17-34-71(65)76-72)45-60(47-59)75(56-25-8-3-9-26-56)58-40-41-64-63-29-12-16-33-69(63)73(70(64)48-58)67-31-14-10-27-61(67)62-28-11-15-32-68(62)73;1-3-13-49(14-4-1)67(50-15-5-2-6-16-50)53-37-48(46-29-25-44(26-30-46)43-23-27-45(28-24-43)47-31-36-66-60(39-47)59-19-9-12-22-65(59)71-66)38-54(40-53)68(51-32-34-57-55-17-7-10-20-61(55)69-63(57)41-51)52-33-35-58-56-18-8-11-21-62(56)70-64(58)42-52/h1-48H;1-42H/i1D,4D,5D,19D,20D;. The fraction of sp³-hybridized carbons (Fsp3) is 0.00719. The van der Waals surface area contributed by atoms with Crippen LogP contribution in [0.4, 0.5) is 68.2 Å². The number of thiophene rings is 2. The zero-order valence-electron chi connectivity index (χ0n) is 84.5. The van der Waals surface area contributed by atoms with E-state index >= 15 is 0 Å². The van der Waals surface area contributed by atoms with E-state index in [1.807, 2.05) is 89.4 Å². The van der Waals surface area contributed by atoms with E-state index in [9.17, 15) is 0 Å². The summed E-state index contributed by atoms with van der Waals surface area (Å²) >= 11 is 3.68. The molecule has 0 saturated carbocycles. The average Bonchev–Trinajstić information content (AvgIpc) is 1.50. The van der Waals surface area contributed by atoms with Gasteiger partial charge in [0.1, 0.15) is 22.3 Å². The van der Waals surface area contributed by atoms with Gasteiger partial charge in [0.2, 0.25) is 0 Å². The van der Waals surface area contributed by atoms with Gasteiger partial charge in [-0.3, -0.25) is 0 Å². The van der Waals surface area contributed by atoms with Gasteiger partial charge in [-0.05, 0) is 299 Å². The summed E-state index contributed by atoms with van der Waals surface area (Å²) in [5.74, 6) is 0. The van der Waals surface area contributed by atoms with Crippen LogP contribution in [0.25, 0.3) is 173 Å². The minimum absolute atomic E-state index is 0.164. The molecule has 0 unspecified atom stereocenters. The highest BCUT2D eigenvalue weighted by molar-refractivity contribution is 7.26. The van der Waals surface area contributed by atoms with Gasteiger partial charge in [0.05, 0.1) is 12.3 Å². The Kier molecular flexibility index (Phi) is 19.8. The van der Waals surface area contributed by atoms with Crippen molar-refractivity contribution in [2.45, 2.75) is 5.41 Å². The van der Waals surface area contributed by atoms with Crippen LogP contribution in [0.2, 0.25) is 0 Å². The van der Waals surface area contributed by atoms with Gasteiger partial charge >= 0.3 is 0 Å². The first kappa shape index (κ1) is 80.9. The van der Waals surface area contributed by atoms with Gasteiger partial charge in [-0.25, -0.2) is 0 Å². The minimum atomic E-state index is -0.547. The third kappa shape index (κ3) is 15.1. The van der Waals surface area contributed by atoms with Gasteiger partial charge in [0.25, 0.3) is 0 Å².